The highest BCUT2D eigenvalue weighted by molar-refractivity contribution is 7.91. The highest BCUT2D eigenvalue weighted by Gasteiger charge is 2.22. The lowest BCUT2D eigenvalue weighted by atomic mass is 10.1. The minimum Gasteiger partial charge on any atom is -0.377 e. The van der Waals surface area contributed by atoms with Crippen molar-refractivity contribution < 1.29 is 13.5 Å². The molecule has 1 unspecified atom stereocenters. The minimum absolute atomic E-state index is 0.134. The van der Waals surface area contributed by atoms with Crippen LogP contribution in [0.2, 0.25) is 0 Å². The first kappa shape index (κ1) is 17.8. The maximum Gasteiger partial charge on any atom is 0.204 e. The Morgan fingerprint density at radius 2 is 1.78 bits per heavy atom. The van der Waals surface area contributed by atoms with Gasteiger partial charge in [0, 0.05) is 4.90 Å². The summed E-state index contributed by atoms with van der Waals surface area (Å²) in [7, 11) is -3.67. The first-order valence-electron chi connectivity index (χ1n) is 7.34. The molecule has 0 spiro atoms. The second-order valence-electron chi connectivity index (χ2n) is 5.37. The number of aliphatic hydroxyl groups is 1. The van der Waals surface area contributed by atoms with E-state index in [4.69, 9.17) is 0 Å². The van der Waals surface area contributed by atoms with Crippen LogP contribution >= 0.6 is 12.6 Å². The Labute approximate surface area is 143 Å². The van der Waals surface area contributed by atoms with Gasteiger partial charge in [-0.05, 0) is 48.2 Å². The average molecular weight is 348 g/mol. The van der Waals surface area contributed by atoms with Crippen LogP contribution in [0.1, 0.15) is 30.0 Å². The molecule has 23 heavy (non-hydrogen) atoms. The van der Waals surface area contributed by atoms with Crippen molar-refractivity contribution in [1.82, 2.24) is 0 Å². The first-order chi connectivity index (χ1) is 10.8. The second kappa shape index (κ2) is 7.34. The molecule has 0 aliphatic heterocycles. The van der Waals surface area contributed by atoms with Gasteiger partial charge in [0.2, 0.25) is 9.84 Å². The molecule has 0 saturated heterocycles. The third-order valence-corrected chi connectivity index (χ3v) is 5.92. The fourth-order valence-electron chi connectivity index (χ4n) is 2.13. The molecule has 0 fully saturated rings. The maximum atomic E-state index is 12.1. The zero-order chi connectivity index (χ0) is 17.0. The Hall–Kier alpha value is -1.56. The van der Waals surface area contributed by atoms with Crippen molar-refractivity contribution in [3.8, 4) is 0 Å². The molecule has 0 amide bonds. The fourth-order valence-corrected chi connectivity index (χ4v) is 3.75. The van der Waals surface area contributed by atoms with E-state index in [1.807, 2.05) is 37.3 Å². The summed E-state index contributed by atoms with van der Waals surface area (Å²) in [5, 5.41) is 9.60. The topological polar surface area (TPSA) is 54.4 Å². The van der Waals surface area contributed by atoms with Crippen LogP contribution in [0, 0.1) is 6.92 Å². The molecule has 0 radical (unpaired) electrons. The van der Waals surface area contributed by atoms with Crippen LogP contribution in [0.25, 0.3) is 12.2 Å². The number of hydrogen-bond donors (Lipinski definition) is 2. The first-order valence-corrected chi connectivity index (χ1v) is 9.33. The molecule has 2 aromatic rings. The van der Waals surface area contributed by atoms with E-state index in [1.54, 1.807) is 19.1 Å². The molecule has 1 N–H and O–H groups in total. The van der Waals surface area contributed by atoms with Crippen molar-refractivity contribution in [2.45, 2.75) is 35.5 Å². The maximum absolute atomic E-state index is 12.1. The van der Waals surface area contributed by atoms with E-state index in [1.165, 1.54) is 12.1 Å². The van der Waals surface area contributed by atoms with Crippen LogP contribution in [0.3, 0.4) is 0 Å². The van der Waals surface area contributed by atoms with Gasteiger partial charge in [-0.15, -0.1) is 12.6 Å². The van der Waals surface area contributed by atoms with Crippen molar-refractivity contribution in [1.29, 1.82) is 0 Å². The summed E-state index contributed by atoms with van der Waals surface area (Å²) >= 11 is 4.44. The Morgan fingerprint density at radius 3 is 2.35 bits per heavy atom. The summed E-state index contributed by atoms with van der Waals surface area (Å²) < 4.78 is 24.1. The normalized spacial score (nSPS) is 13.4. The van der Waals surface area contributed by atoms with Crippen molar-refractivity contribution >= 4 is 34.6 Å². The molecule has 1 atom stereocenters. The Morgan fingerprint density at radius 1 is 1.13 bits per heavy atom. The number of benzene rings is 2. The monoisotopic (exact) mass is 348 g/mol. The highest BCUT2D eigenvalue weighted by Crippen LogP contribution is 2.20. The van der Waals surface area contributed by atoms with Crippen molar-refractivity contribution in [3.63, 3.8) is 0 Å². The molecule has 0 aliphatic carbocycles. The van der Waals surface area contributed by atoms with Gasteiger partial charge in [-0.25, -0.2) is 8.42 Å². The number of aryl methyl sites for hydroxylation is 1. The van der Waals surface area contributed by atoms with Gasteiger partial charge in [-0.1, -0.05) is 43.3 Å². The zero-order valence-corrected chi connectivity index (χ0v) is 14.8. The van der Waals surface area contributed by atoms with Gasteiger partial charge in [0.15, 0.2) is 5.44 Å². The lowest BCUT2D eigenvalue weighted by Crippen LogP contribution is -2.19. The van der Waals surface area contributed by atoms with Gasteiger partial charge in [-0.3, -0.25) is 0 Å². The van der Waals surface area contributed by atoms with E-state index < -0.39 is 15.3 Å². The molecule has 3 nitrogen and oxygen atoms in total. The van der Waals surface area contributed by atoms with Gasteiger partial charge in [0.25, 0.3) is 0 Å². The molecule has 2 aromatic carbocycles. The van der Waals surface area contributed by atoms with Crippen LogP contribution in [0.5, 0.6) is 0 Å². The lowest BCUT2D eigenvalue weighted by Gasteiger charge is -2.09. The Kier molecular flexibility index (Phi) is 5.68. The Balaban J connectivity index is 2.22. The third-order valence-electron chi connectivity index (χ3n) is 3.56. The molecule has 0 aromatic heterocycles. The van der Waals surface area contributed by atoms with Gasteiger partial charge in [-0.2, -0.15) is 0 Å². The number of thiol groups is 1. The van der Waals surface area contributed by atoms with Gasteiger partial charge >= 0.3 is 0 Å². The molecule has 0 saturated carbocycles. The van der Waals surface area contributed by atoms with Crippen LogP contribution in [-0.4, -0.2) is 19.0 Å². The van der Waals surface area contributed by atoms with Crippen molar-refractivity contribution in [2.75, 3.05) is 0 Å². The largest absolute Gasteiger partial charge is 0.377 e. The van der Waals surface area contributed by atoms with E-state index >= 15 is 0 Å². The standard InChI is InChI=1S/C18H20O3S2/c1-3-18(19)23(20,21)16-10-6-14(7-11-16)5-9-15-8-4-13(2)12-17(15)22/h4-12,18-19,22H,3H2,1-2H3. The van der Waals surface area contributed by atoms with Gasteiger partial charge < -0.3 is 5.11 Å². The summed E-state index contributed by atoms with van der Waals surface area (Å²) in [6, 6.07) is 12.5. The molecule has 122 valence electrons. The molecule has 5 heteroatoms. The number of aliphatic hydroxyl groups excluding tert-OH is 1. The minimum atomic E-state index is -3.67. The Bertz CT molecular complexity index is 807. The van der Waals surface area contributed by atoms with Crippen molar-refractivity contribution in [3.05, 3.63) is 59.2 Å². The summed E-state index contributed by atoms with van der Waals surface area (Å²) in [4.78, 5) is 1.03. The number of sulfone groups is 1. The summed E-state index contributed by atoms with van der Waals surface area (Å²) in [6.45, 7) is 3.65. The van der Waals surface area contributed by atoms with E-state index in [9.17, 15) is 13.5 Å². The van der Waals surface area contributed by atoms with Gasteiger partial charge in [0.1, 0.15) is 0 Å². The smallest absolute Gasteiger partial charge is 0.204 e. The van der Waals surface area contributed by atoms with Gasteiger partial charge in [0.05, 0.1) is 4.90 Å². The quantitative estimate of drug-likeness (QED) is 0.635. The summed E-state index contributed by atoms with van der Waals surface area (Å²) in [5.74, 6) is 0. The summed E-state index contributed by atoms with van der Waals surface area (Å²) in [5.41, 5.74) is 1.67. The van der Waals surface area contributed by atoms with E-state index in [0.717, 1.165) is 21.6 Å². The van der Waals surface area contributed by atoms with Crippen LogP contribution in [0.15, 0.2) is 52.3 Å². The molecule has 2 rings (SSSR count). The lowest BCUT2D eigenvalue weighted by molar-refractivity contribution is 0.244. The average Bonchev–Trinajstić information content (AvgIpc) is 2.53. The molecular weight excluding hydrogens is 328 g/mol. The molecular formula is C18H20O3S2. The van der Waals surface area contributed by atoms with Crippen LogP contribution in [0.4, 0.5) is 0 Å². The van der Waals surface area contributed by atoms with E-state index in [2.05, 4.69) is 12.6 Å². The third kappa shape index (κ3) is 4.25. The second-order valence-corrected chi connectivity index (χ2v) is 7.96. The predicted octanol–water partition coefficient (Wildman–Crippen LogP) is 3.96. The predicted molar refractivity (Wildman–Crippen MR) is 97.3 cm³/mol. The summed E-state index contributed by atoms with van der Waals surface area (Å²) in [6.07, 6.45) is 4.01. The SMILES string of the molecule is CCC(O)S(=O)(=O)c1ccc(C=Cc2ccc(C)cc2S)cc1. The van der Waals surface area contributed by atoms with E-state index in [-0.39, 0.29) is 11.3 Å². The fraction of sp³-hybridized carbons (Fsp3) is 0.222. The molecule has 0 aliphatic rings. The van der Waals surface area contributed by atoms with E-state index in [0.29, 0.717) is 0 Å². The van der Waals surface area contributed by atoms with Crippen molar-refractivity contribution in [2.24, 2.45) is 0 Å². The molecule has 0 heterocycles. The van der Waals surface area contributed by atoms with Crippen LogP contribution < -0.4 is 0 Å². The highest BCUT2D eigenvalue weighted by atomic mass is 32.2. The van der Waals surface area contributed by atoms with Crippen LogP contribution in [-0.2, 0) is 9.84 Å². The number of hydrogen-bond acceptors (Lipinski definition) is 4. The zero-order valence-electron chi connectivity index (χ0n) is 13.1. The number of rotatable bonds is 5. The molecule has 0 bridgehead atoms.